The van der Waals surface area contributed by atoms with Gasteiger partial charge in [0.05, 0.1) is 12.3 Å². The van der Waals surface area contributed by atoms with E-state index >= 15 is 0 Å². The molecule has 25 heavy (non-hydrogen) atoms. The molecule has 0 unspecified atom stereocenters. The van der Waals surface area contributed by atoms with Crippen LogP contribution in [0.15, 0.2) is 64.7 Å². The lowest BCUT2D eigenvalue weighted by Crippen LogP contribution is -2.29. The molecule has 0 bridgehead atoms. The summed E-state index contributed by atoms with van der Waals surface area (Å²) in [6, 6.07) is 17.3. The van der Waals surface area contributed by atoms with Crippen LogP contribution in [0.5, 0.6) is 5.75 Å². The van der Waals surface area contributed by atoms with Crippen LogP contribution < -0.4 is 10.7 Å². The van der Waals surface area contributed by atoms with E-state index in [0.29, 0.717) is 17.6 Å². The van der Waals surface area contributed by atoms with Gasteiger partial charge in [-0.25, -0.2) is 10.4 Å². The van der Waals surface area contributed by atoms with Gasteiger partial charge in [0.15, 0.2) is 0 Å². The molecule has 2 aromatic rings. The highest BCUT2D eigenvalue weighted by atomic mass is 16.3. The molecule has 0 spiro atoms. The van der Waals surface area contributed by atoms with Gasteiger partial charge >= 0.3 is 0 Å². The standard InChI is InChI=1S/C20H24N4O/c25-19-14-8-7-9-16(19)15-21-24-20(22-17-10-3-1-4-11-17)23-18-12-5-2-6-13-18/h1,3-4,7-11,14-15,18,25H,2,5-6,12-13H2,(H2,22,23,24)/b21-15+. The van der Waals surface area contributed by atoms with Crippen LogP contribution in [0.1, 0.15) is 37.7 Å². The van der Waals surface area contributed by atoms with Crippen molar-refractivity contribution in [3.63, 3.8) is 0 Å². The number of aromatic hydroxyl groups is 1. The molecule has 1 fully saturated rings. The Labute approximate surface area is 148 Å². The Kier molecular flexibility index (Phi) is 6.04. The van der Waals surface area contributed by atoms with E-state index in [-0.39, 0.29) is 5.75 Å². The average Bonchev–Trinajstić information content (AvgIpc) is 2.65. The smallest absolute Gasteiger partial charge is 0.216 e. The third-order valence-electron chi connectivity index (χ3n) is 4.23. The van der Waals surface area contributed by atoms with Crippen LogP contribution in [-0.4, -0.2) is 23.3 Å². The number of anilines is 1. The highest BCUT2D eigenvalue weighted by molar-refractivity contribution is 5.94. The largest absolute Gasteiger partial charge is 0.507 e. The summed E-state index contributed by atoms with van der Waals surface area (Å²) in [5.74, 6) is 0.833. The van der Waals surface area contributed by atoms with Crippen molar-refractivity contribution in [2.45, 2.75) is 38.1 Å². The summed E-state index contributed by atoms with van der Waals surface area (Å²) in [4.78, 5) is 4.80. The number of benzene rings is 2. The number of aliphatic imine (C=N–C) groups is 1. The molecule has 1 saturated carbocycles. The molecular weight excluding hydrogens is 312 g/mol. The summed E-state index contributed by atoms with van der Waals surface area (Å²) in [5.41, 5.74) is 4.61. The predicted octanol–water partition coefficient (Wildman–Crippen LogP) is 4.12. The molecule has 2 aromatic carbocycles. The monoisotopic (exact) mass is 336 g/mol. The second-order valence-corrected chi connectivity index (χ2v) is 6.19. The second kappa shape index (κ2) is 8.87. The normalized spacial score (nSPS) is 16.1. The molecule has 130 valence electrons. The number of hydrazone groups is 1. The fourth-order valence-electron chi connectivity index (χ4n) is 2.90. The Morgan fingerprint density at radius 1 is 0.960 bits per heavy atom. The van der Waals surface area contributed by atoms with Crippen LogP contribution in [0.25, 0.3) is 0 Å². The van der Waals surface area contributed by atoms with E-state index in [9.17, 15) is 5.11 Å². The number of phenols is 1. The van der Waals surface area contributed by atoms with Gasteiger partial charge < -0.3 is 10.4 Å². The van der Waals surface area contributed by atoms with Crippen LogP contribution in [0, 0.1) is 0 Å². The number of hydrogen-bond donors (Lipinski definition) is 3. The average molecular weight is 336 g/mol. The first kappa shape index (κ1) is 17.0. The van der Waals surface area contributed by atoms with Crippen LogP contribution in [0.4, 0.5) is 5.69 Å². The van der Waals surface area contributed by atoms with Gasteiger partial charge in [-0.05, 0) is 37.1 Å². The number of guanidine groups is 1. The molecule has 1 aliphatic rings. The third-order valence-corrected chi connectivity index (χ3v) is 4.23. The number of phenolic OH excluding ortho intramolecular Hbond substituents is 1. The molecule has 0 aromatic heterocycles. The molecular formula is C20H24N4O. The van der Waals surface area contributed by atoms with Gasteiger partial charge in [-0.1, -0.05) is 49.6 Å². The summed E-state index contributed by atoms with van der Waals surface area (Å²) >= 11 is 0. The Morgan fingerprint density at radius 3 is 2.44 bits per heavy atom. The quantitative estimate of drug-likeness (QED) is 0.447. The fourth-order valence-corrected chi connectivity index (χ4v) is 2.90. The van der Waals surface area contributed by atoms with Crippen molar-refractivity contribution in [3.8, 4) is 5.75 Å². The Bertz CT molecular complexity index is 721. The van der Waals surface area contributed by atoms with E-state index in [2.05, 4.69) is 15.8 Å². The number of nitrogens with one attached hydrogen (secondary N) is 2. The maximum Gasteiger partial charge on any atom is 0.216 e. The molecule has 5 heteroatoms. The second-order valence-electron chi connectivity index (χ2n) is 6.19. The topological polar surface area (TPSA) is 69.0 Å². The predicted molar refractivity (Wildman–Crippen MR) is 103 cm³/mol. The molecule has 1 aliphatic carbocycles. The molecule has 0 radical (unpaired) electrons. The summed E-state index contributed by atoms with van der Waals surface area (Å²) in [6.07, 6.45) is 7.59. The van der Waals surface area contributed by atoms with Crippen molar-refractivity contribution in [1.82, 2.24) is 5.43 Å². The van der Waals surface area contributed by atoms with Crippen molar-refractivity contribution < 1.29 is 5.11 Å². The number of rotatable bonds is 4. The number of para-hydroxylation sites is 2. The summed E-state index contributed by atoms with van der Waals surface area (Å²) in [6.45, 7) is 0. The lowest BCUT2D eigenvalue weighted by molar-refractivity contribution is 0.442. The molecule has 5 nitrogen and oxygen atoms in total. The lowest BCUT2D eigenvalue weighted by atomic mass is 9.96. The van der Waals surface area contributed by atoms with Crippen LogP contribution in [0.2, 0.25) is 0 Å². The van der Waals surface area contributed by atoms with Crippen molar-refractivity contribution in [2.75, 3.05) is 5.32 Å². The van der Waals surface area contributed by atoms with Gasteiger partial charge in [0.1, 0.15) is 5.75 Å². The molecule has 0 aliphatic heterocycles. The summed E-state index contributed by atoms with van der Waals surface area (Å²) in [7, 11) is 0. The van der Waals surface area contributed by atoms with Crippen LogP contribution in [0.3, 0.4) is 0 Å². The Hall–Kier alpha value is -2.82. The molecule has 0 heterocycles. The van der Waals surface area contributed by atoms with Gasteiger partial charge in [0.2, 0.25) is 5.96 Å². The molecule has 0 atom stereocenters. The first-order valence-corrected chi connectivity index (χ1v) is 8.78. The molecule has 3 rings (SSSR count). The summed E-state index contributed by atoms with van der Waals surface area (Å²) in [5, 5.41) is 17.3. The Balaban J connectivity index is 1.71. The minimum Gasteiger partial charge on any atom is -0.507 e. The zero-order valence-corrected chi connectivity index (χ0v) is 14.2. The first-order chi connectivity index (χ1) is 12.3. The van der Waals surface area contributed by atoms with Gasteiger partial charge in [-0.3, -0.25) is 0 Å². The zero-order chi connectivity index (χ0) is 17.3. The highest BCUT2D eigenvalue weighted by Gasteiger charge is 2.13. The molecule has 0 saturated heterocycles. The lowest BCUT2D eigenvalue weighted by Gasteiger charge is -2.19. The maximum atomic E-state index is 9.81. The zero-order valence-electron chi connectivity index (χ0n) is 14.2. The minimum atomic E-state index is 0.204. The van der Waals surface area contributed by atoms with E-state index in [1.54, 1.807) is 18.3 Å². The van der Waals surface area contributed by atoms with Crippen molar-refractivity contribution >= 4 is 17.9 Å². The van der Waals surface area contributed by atoms with E-state index in [1.807, 2.05) is 42.5 Å². The summed E-state index contributed by atoms with van der Waals surface area (Å²) < 4.78 is 0. The minimum absolute atomic E-state index is 0.204. The first-order valence-electron chi connectivity index (χ1n) is 8.78. The SMILES string of the molecule is Oc1ccccc1/C=N/NC(=NC1CCCCC1)Nc1ccccc1. The fraction of sp³-hybridized carbons (Fsp3) is 0.300. The number of nitrogens with zero attached hydrogens (tertiary/aromatic N) is 2. The van der Waals surface area contributed by atoms with E-state index in [1.165, 1.54) is 19.3 Å². The van der Waals surface area contributed by atoms with Crippen molar-refractivity contribution in [1.29, 1.82) is 0 Å². The van der Waals surface area contributed by atoms with E-state index < -0.39 is 0 Å². The maximum absolute atomic E-state index is 9.81. The van der Waals surface area contributed by atoms with Crippen LogP contribution >= 0.6 is 0 Å². The Morgan fingerprint density at radius 2 is 1.68 bits per heavy atom. The van der Waals surface area contributed by atoms with Gasteiger partial charge in [0, 0.05) is 11.3 Å². The van der Waals surface area contributed by atoms with Crippen LogP contribution in [-0.2, 0) is 0 Å². The highest BCUT2D eigenvalue weighted by Crippen LogP contribution is 2.20. The molecule has 0 amide bonds. The van der Waals surface area contributed by atoms with Gasteiger partial charge in [-0.2, -0.15) is 5.10 Å². The van der Waals surface area contributed by atoms with Crippen molar-refractivity contribution in [2.24, 2.45) is 10.1 Å². The van der Waals surface area contributed by atoms with Gasteiger partial charge in [0.25, 0.3) is 0 Å². The van der Waals surface area contributed by atoms with Gasteiger partial charge in [-0.15, -0.1) is 0 Å². The van der Waals surface area contributed by atoms with E-state index in [4.69, 9.17) is 4.99 Å². The molecule has 3 N–H and O–H groups in total. The van der Waals surface area contributed by atoms with E-state index in [0.717, 1.165) is 18.5 Å². The van der Waals surface area contributed by atoms with Crippen molar-refractivity contribution in [3.05, 3.63) is 60.2 Å². The number of hydrogen-bond acceptors (Lipinski definition) is 3. The third kappa shape index (κ3) is 5.35.